The van der Waals surface area contributed by atoms with Crippen LogP contribution < -0.4 is 10.9 Å². The molecule has 132 valence electrons. The summed E-state index contributed by atoms with van der Waals surface area (Å²) in [5, 5.41) is 3.12. The summed E-state index contributed by atoms with van der Waals surface area (Å²) in [5.41, 5.74) is 1.35. The molecule has 0 spiro atoms. The number of anilines is 1. The molecule has 25 heavy (non-hydrogen) atoms. The number of ether oxygens (including phenoxy) is 1. The molecule has 1 amide bonds. The number of amides is 1. The summed E-state index contributed by atoms with van der Waals surface area (Å²) < 4.78 is 5.04. The Morgan fingerprint density at radius 3 is 2.64 bits per heavy atom. The van der Waals surface area contributed by atoms with Gasteiger partial charge in [0.25, 0.3) is 5.56 Å². The van der Waals surface area contributed by atoms with E-state index in [1.807, 2.05) is 6.92 Å². The van der Waals surface area contributed by atoms with Crippen molar-refractivity contribution in [3.63, 3.8) is 0 Å². The summed E-state index contributed by atoms with van der Waals surface area (Å²) in [5.74, 6) is -0.521. The van der Waals surface area contributed by atoms with Gasteiger partial charge in [-0.05, 0) is 37.6 Å². The molecule has 0 atom stereocenters. The molecular weight excluding hydrogens is 342 g/mol. The van der Waals surface area contributed by atoms with Crippen LogP contribution in [0.3, 0.4) is 0 Å². The van der Waals surface area contributed by atoms with Crippen LogP contribution >= 0.6 is 11.8 Å². The van der Waals surface area contributed by atoms with Gasteiger partial charge < -0.3 is 15.0 Å². The second kappa shape index (κ2) is 9.03. The fourth-order valence-electron chi connectivity index (χ4n) is 1.92. The van der Waals surface area contributed by atoms with Gasteiger partial charge in [0.1, 0.15) is 0 Å². The highest BCUT2D eigenvalue weighted by Gasteiger charge is 2.09. The molecule has 8 heteroatoms. The van der Waals surface area contributed by atoms with Crippen LogP contribution in [-0.4, -0.2) is 34.2 Å². The monoisotopic (exact) mass is 361 g/mol. The molecule has 0 aliphatic rings. The maximum absolute atomic E-state index is 12.0. The van der Waals surface area contributed by atoms with Crippen molar-refractivity contribution in [2.75, 3.05) is 17.7 Å². The molecular formula is C17H19N3O4S. The van der Waals surface area contributed by atoms with Gasteiger partial charge >= 0.3 is 5.97 Å². The van der Waals surface area contributed by atoms with Crippen LogP contribution in [0, 0.1) is 6.92 Å². The number of carbonyl (C=O) groups is 2. The van der Waals surface area contributed by atoms with Gasteiger partial charge in [-0.25, -0.2) is 9.78 Å². The lowest BCUT2D eigenvalue weighted by Crippen LogP contribution is -2.15. The predicted octanol–water partition coefficient (Wildman–Crippen LogP) is 2.38. The minimum absolute atomic E-state index is 0.104. The van der Waals surface area contributed by atoms with Crippen molar-refractivity contribution in [1.82, 2.24) is 9.97 Å². The van der Waals surface area contributed by atoms with Crippen molar-refractivity contribution in [2.45, 2.75) is 25.4 Å². The number of esters is 1. The third kappa shape index (κ3) is 6.07. The maximum Gasteiger partial charge on any atom is 0.338 e. The Labute approximate surface area is 149 Å². The number of thioether (sulfide) groups is 1. The molecule has 1 heterocycles. The zero-order valence-corrected chi connectivity index (χ0v) is 14.8. The molecule has 0 aliphatic carbocycles. The summed E-state index contributed by atoms with van der Waals surface area (Å²) in [4.78, 5) is 41.7. The Morgan fingerprint density at radius 2 is 2.00 bits per heavy atom. The number of H-pyrrole nitrogens is 1. The van der Waals surface area contributed by atoms with Crippen molar-refractivity contribution in [3.8, 4) is 0 Å². The first-order valence-corrected chi connectivity index (χ1v) is 8.74. The standard InChI is InChI=1S/C17H19N3O4S/c1-3-8-24-16(23)12-4-6-13(7-5-12)19-15(22)10-25-17-18-11(2)9-14(21)20-17/h4-7,9H,3,8,10H2,1-2H3,(H,19,22)(H,18,20,21). The quantitative estimate of drug-likeness (QED) is 0.446. The topological polar surface area (TPSA) is 101 Å². The van der Waals surface area contributed by atoms with E-state index in [9.17, 15) is 14.4 Å². The minimum Gasteiger partial charge on any atom is -0.462 e. The zero-order chi connectivity index (χ0) is 18.2. The summed E-state index contributed by atoms with van der Waals surface area (Å²) in [6, 6.07) is 7.85. The lowest BCUT2D eigenvalue weighted by atomic mass is 10.2. The molecule has 0 bridgehead atoms. The lowest BCUT2D eigenvalue weighted by molar-refractivity contribution is -0.113. The van der Waals surface area contributed by atoms with Gasteiger partial charge in [0.2, 0.25) is 5.91 Å². The average Bonchev–Trinajstić information content (AvgIpc) is 2.58. The molecule has 1 aromatic heterocycles. The molecule has 2 aromatic rings. The Balaban J connectivity index is 1.87. The number of rotatable bonds is 7. The van der Waals surface area contributed by atoms with Crippen molar-refractivity contribution < 1.29 is 14.3 Å². The fraction of sp³-hybridized carbons (Fsp3) is 0.294. The van der Waals surface area contributed by atoms with Crippen molar-refractivity contribution in [2.24, 2.45) is 0 Å². The maximum atomic E-state index is 12.0. The number of aromatic amines is 1. The van der Waals surface area contributed by atoms with Crippen LogP contribution in [0.1, 0.15) is 29.4 Å². The van der Waals surface area contributed by atoms with Crippen LogP contribution in [0.15, 0.2) is 40.3 Å². The van der Waals surface area contributed by atoms with Gasteiger partial charge in [0.05, 0.1) is 17.9 Å². The van der Waals surface area contributed by atoms with E-state index < -0.39 is 0 Å². The van der Waals surface area contributed by atoms with Crippen molar-refractivity contribution in [3.05, 3.63) is 51.9 Å². The number of carbonyl (C=O) groups excluding carboxylic acids is 2. The summed E-state index contributed by atoms with van der Waals surface area (Å²) >= 11 is 1.14. The second-order valence-electron chi connectivity index (χ2n) is 5.24. The van der Waals surface area contributed by atoms with Gasteiger partial charge in [-0.1, -0.05) is 18.7 Å². The molecule has 0 saturated heterocycles. The van der Waals surface area contributed by atoms with E-state index >= 15 is 0 Å². The normalized spacial score (nSPS) is 10.3. The molecule has 0 aliphatic heterocycles. The first-order chi connectivity index (χ1) is 12.0. The summed E-state index contributed by atoms with van der Waals surface area (Å²) in [6.07, 6.45) is 0.763. The van der Waals surface area contributed by atoms with Gasteiger partial charge in [-0.3, -0.25) is 9.59 Å². The fourth-order valence-corrected chi connectivity index (χ4v) is 2.64. The van der Waals surface area contributed by atoms with Crippen LogP contribution in [0.25, 0.3) is 0 Å². The van der Waals surface area contributed by atoms with E-state index in [-0.39, 0.29) is 23.2 Å². The molecule has 7 nitrogen and oxygen atoms in total. The van der Waals surface area contributed by atoms with Crippen LogP contribution in [0.2, 0.25) is 0 Å². The third-order valence-corrected chi connectivity index (χ3v) is 3.90. The Bertz CT molecular complexity index is 802. The number of aryl methyl sites for hydroxylation is 1. The van der Waals surface area contributed by atoms with Crippen LogP contribution in [-0.2, 0) is 9.53 Å². The minimum atomic E-state index is -0.384. The highest BCUT2D eigenvalue weighted by Crippen LogP contribution is 2.14. The van der Waals surface area contributed by atoms with E-state index in [4.69, 9.17) is 4.74 Å². The number of hydrogen-bond acceptors (Lipinski definition) is 6. The van der Waals surface area contributed by atoms with E-state index in [1.54, 1.807) is 31.2 Å². The Hall–Kier alpha value is -2.61. The average molecular weight is 361 g/mol. The third-order valence-electron chi connectivity index (χ3n) is 3.03. The van der Waals surface area contributed by atoms with Crippen LogP contribution in [0.5, 0.6) is 0 Å². The number of aromatic nitrogens is 2. The Kier molecular flexibility index (Phi) is 6.76. The SMILES string of the molecule is CCCOC(=O)c1ccc(NC(=O)CSc2nc(C)cc(=O)[nH]2)cc1. The lowest BCUT2D eigenvalue weighted by Gasteiger charge is -2.07. The van der Waals surface area contributed by atoms with E-state index in [2.05, 4.69) is 15.3 Å². The first-order valence-electron chi connectivity index (χ1n) is 7.75. The van der Waals surface area contributed by atoms with E-state index in [1.165, 1.54) is 6.07 Å². The highest BCUT2D eigenvalue weighted by atomic mass is 32.2. The van der Waals surface area contributed by atoms with Crippen molar-refractivity contribution >= 4 is 29.3 Å². The van der Waals surface area contributed by atoms with Gasteiger partial charge in [0, 0.05) is 17.4 Å². The van der Waals surface area contributed by atoms with Gasteiger partial charge in [-0.15, -0.1) is 0 Å². The number of hydrogen-bond donors (Lipinski definition) is 2. The number of nitrogens with one attached hydrogen (secondary N) is 2. The first kappa shape index (κ1) is 18.7. The molecule has 0 unspecified atom stereocenters. The molecule has 0 saturated carbocycles. The molecule has 2 N–H and O–H groups in total. The largest absolute Gasteiger partial charge is 0.462 e. The summed E-state index contributed by atoms with van der Waals surface area (Å²) in [6.45, 7) is 4.02. The highest BCUT2D eigenvalue weighted by molar-refractivity contribution is 7.99. The van der Waals surface area contributed by atoms with E-state index in [0.29, 0.717) is 28.7 Å². The number of benzene rings is 1. The summed E-state index contributed by atoms with van der Waals surface area (Å²) in [7, 11) is 0. The van der Waals surface area contributed by atoms with Crippen LogP contribution in [0.4, 0.5) is 5.69 Å². The zero-order valence-electron chi connectivity index (χ0n) is 14.0. The van der Waals surface area contributed by atoms with Gasteiger partial charge in [0.15, 0.2) is 5.16 Å². The smallest absolute Gasteiger partial charge is 0.338 e. The molecule has 0 fully saturated rings. The van der Waals surface area contributed by atoms with E-state index in [0.717, 1.165) is 18.2 Å². The predicted molar refractivity (Wildman–Crippen MR) is 96.0 cm³/mol. The molecule has 1 aromatic carbocycles. The van der Waals surface area contributed by atoms with Gasteiger partial charge in [-0.2, -0.15) is 0 Å². The second-order valence-corrected chi connectivity index (χ2v) is 6.21. The number of nitrogens with zero attached hydrogens (tertiary/aromatic N) is 1. The molecule has 0 radical (unpaired) electrons. The van der Waals surface area contributed by atoms with Crippen molar-refractivity contribution in [1.29, 1.82) is 0 Å². The Morgan fingerprint density at radius 1 is 1.28 bits per heavy atom. The molecule has 2 rings (SSSR count).